The van der Waals surface area contributed by atoms with Gasteiger partial charge in [-0.2, -0.15) is 0 Å². The average Bonchev–Trinajstić information content (AvgIpc) is 2.69. The first-order chi connectivity index (χ1) is 13.0. The van der Waals surface area contributed by atoms with E-state index >= 15 is 0 Å². The highest BCUT2D eigenvalue weighted by Crippen LogP contribution is 2.48. The van der Waals surface area contributed by atoms with Gasteiger partial charge in [-0.1, -0.05) is 90.5 Å². The van der Waals surface area contributed by atoms with Gasteiger partial charge in [0, 0.05) is 21.8 Å². The molecule has 0 saturated carbocycles. The second-order valence-corrected chi connectivity index (χ2v) is 9.22. The molecule has 3 aromatic rings. The van der Waals surface area contributed by atoms with Crippen LogP contribution in [0.4, 0.5) is 0 Å². The number of rotatable bonds is 7. The van der Waals surface area contributed by atoms with E-state index in [1.807, 2.05) is 12.1 Å². The van der Waals surface area contributed by atoms with Crippen LogP contribution in [0.15, 0.2) is 84.9 Å². The standard InChI is InChI=1S/C20H17ClNO4P/c21-19-14-8-7-13-18(19)20(26-22(23)24)15-27(25,16-9-3-1-4-10-16)17-11-5-2-6-12-17/h1-14,20H,15H2. The fourth-order valence-electron chi connectivity index (χ4n) is 2.96. The molecule has 0 fully saturated rings. The Labute approximate surface area is 162 Å². The fourth-order valence-corrected chi connectivity index (χ4v) is 5.97. The third-order valence-corrected chi connectivity index (χ3v) is 7.69. The Hall–Kier alpha value is -2.62. The van der Waals surface area contributed by atoms with E-state index in [1.165, 1.54) is 0 Å². The molecule has 0 aliphatic rings. The van der Waals surface area contributed by atoms with E-state index in [1.54, 1.807) is 72.8 Å². The summed E-state index contributed by atoms with van der Waals surface area (Å²) in [4.78, 5) is 16.0. The van der Waals surface area contributed by atoms with Gasteiger partial charge in [0.05, 0.1) is 0 Å². The van der Waals surface area contributed by atoms with Gasteiger partial charge in [0.1, 0.15) is 13.2 Å². The van der Waals surface area contributed by atoms with Crippen LogP contribution >= 0.6 is 18.7 Å². The molecule has 0 heterocycles. The summed E-state index contributed by atoms with van der Waals surface area (Å²) in [5.41, 5.74) is 0.433. The Morgan fingerprint density at radius 3 is 1.85 bits per heavy atom. The molecule has 0 amide bonds. The van der Waals surface area contributed by atoms with Crippen molar-refractivity contribution < 1.29 is 14.5 Å². The van der Waals surface area contributed by atoms with Crippen molar-refractivity contribution in [2.24, 2.45) is 0 Å². The van der Waals surface area contributed by atoms with E-state index in [2.05, 4.69) is 0 Å². The Bertz CT molecular complexity index is 922. The molecule has 0 aromatic heterocycles. The van der Waals surface area contributed by atoms with Gasteiger partial charge in [-0.05, 0) is 11.6 Å². The summed E-state index contributed by atoms with van der Waals surface area (Å²) in [5.74, 6) is 0. The summed E-state index contributed by atoms with van der Waals surface area (Å²) in [6.45, 7) is 0. The maximum atomic E-state index is 14.1. The van der Waals surface area contributed by atoms with Crippen molar-refractivity contribution in [3.05, 3.63) is 106 Å². The van der Waals surface area contributed by atoms with Crippen LogP contribution < -0.4 is 10.6 Å². The Kier molecular flexibility index (Phi) is 5.94. The summed E-state index contributed by atoms with van der Waals surface area (Å²) in [5, 5.41) is 11.8. The van der Waals surface area contributed by atoms with Crippen molar-refractivity contribution in [2.75, 3.05) is 6.16 Å². The molecule has 0 spiro atoms. The van der Waals surface area contributed by atoms with E-state index in [4.69, 9.17) is 16.4 Å². The first-order valence-corrected chi connectivity index (χ1v) is 10.5. The second kappa shape index (κ2) is 8.38. The van der Waals surface area contributed by atoms with Crippen molar-refractivity contribution in [1.82, 2.24) is 0 Å². The lowest BCUT2D eigenvalue weighted by Gasteiger charge is -2.24. The molecule has 0 aliphatic carbocycles. The van der Waals surface area contributed by atoms with E-state index in [9.17, 15) is 14.7 Å². The SMILES string of the molecule is O=[N+]([O-])OC(CP(=O)(c1ccccc1)c1ccccc1)c1ccccc1Cl. The van der Waals surface area contributed by atoms with Crippen LogP contribution in [0.5, 0.6) is 0 Å². The minimum absolute atomic E-state index is 0.0776. The van der Waals surface area contributed by atoms with Crippen LogP contribution in [0.3, 0.4) is 0 Å². The van der Waals surface area contributed by atoms with E-state index in [-0.39, 0.29) is 6.16 Å². The molecule has 0 aliphatic heterocycles. The van der Waals surface area contributed by atoms with Crippen LogP contribution in [-0.4, -0.2) is 11.2 Å². The molecule has 138 valence electrons. The lowest BCUT2D eigenvalue weighted by atomic mass is 10.1. The number of nitrogens with zero attached hydrogens (tertiary/aromatic N) is 1. The summed E-state index contributed by atoms with van der Waals surface area (Å²) >= 11 is 6.23. The Morgan fingerprint density at radius 1 is 0.889 bits per heavy atom. The van der Waals surface area contributed by atoms with Crippen LogP contribution in [0.1, 0.15) is 11.7 Å². The largest absolute Gasteiger partial charge is 0.314 e. The van der Waals surface area contributed by atoms with Crippen molar-refractivity contribution in [2.45, 2.75) is 6.10 Å². The average molecular weight is 402 g/mol. The van der Waals surface area contributed by atoms with Gasteiger partial charge in [-0.15, -0.1) is 10.1 Å². The molecule has 7 heteroatoms. The highest BCUT2D eigenvalue weighted by molar-refractivity contribution is 7.78. The van der Waals surface area contributed by atoms with Crippen molar-refractivity contribution in [3.63, 3.8) is 0 Å². The van der Waals surface area contributed by atoms with Crippen molar-refractivity contribution in [1.29, 1.82) is 0 Å². The predicted molar refractivity (Wildman–Crippen MR) is 107 cm³/mol. The van der Waals surface area contributed by atoms with Crippen LogP contribution in [0.2, 0.25) is 5.02 Å². The highest BCUT2D eigenvalue weighted by atomic mass is 35.5. The molecule has 0 saturated heterocycles. The zero-order chi connectivity index (χ0) is 19.3. The molecule has 1 atom stereocenters. The van der Waals surface area contributed by atoms with Gasteiger partial charge in [0.2, 0.25) is 0 Å². The second-order valence-electron chi connectivity index (χ2n) is 5.93. The van der Waals surface area contributed by atoms with Crippen LogP contribution in [0.25, 0.3) is 0 Å². The predicted octanol–water partition coefficient (Wildman–Crippen LogP) is 4.60. The molecule has 27 heavy (non-hydrogen) atoms. The molecule has 1 unspecified atom stereocenters. The Balaban J connectivity index is 2.10. The third kappa shape index (κ3) is 4.38. The number of hydrogen-bond acceptors (Lipinski definition) is 4. The highest BCUT2D eigenvalue weighted by Gasteiger charge is 2.34. The Morgan fingerprint density at radius 2 is 1.37 bits per heavy atom. The quantitative estimate of drug-likeness (QED) is 0.329. The lowest BCUT2D eigenvalue weighted by Crippen LogP contribution is -2.24. The smallest absolute Gasteiger partial charge is 0.295 e. The normalized spacial score (nSPS) is 12.3. The minimum Gasteiger partial charge on any atom is -0.314 e. The molecular formula is C20H17ClNO4P. The number of hydrogen-bond donors (Lipinski definition) is 0. The summed E-state index contributed by atoms with van der Waals surface area (Å²) in [6.07, 6.45) is -1.13. The molecule has 0 bridgehead atoms. The van der Waals surface area contributed by atoms with E-state index in [0.717, 1.165) is 0 Å². The van der Waals surface area contributed by atoms with Gasteiger partial charge in [-0.25, -0.2) is 0 Å². The molecule has 3 aromatic carbocycles. The zero-order valence-corrected chi connectivity index (χ0v) is 15.9. The van der Waals surface area contributed by atoms with Crippen molar-refractivity contribution in [3.8, 4) is 0 Å². The fraction of sp³-hybridized carbons (Fsp3) is 0.100. The summed E-state index contributed by atoms with van der Waals surface area (Å²) < 4.78 is 14.1. The molecule has 5 nitrogen and oxygen atoms in total. The van der Waals surface area contributed by atoms with E-state index < -0.39 is 18.3 Å². The van der Waals surface area contributed by atoms with Gasteiger partial charge in [-0.3, -0.25) is 0 Å². The van der Waals surface area contributed by atoms with Crippen molar-refractivity contribution >= 4 is 29.4 Å². The van der Waals surface area contributed by atoms with Gasteiger partial charge < -0.3 is 9.40 Å². The van der Waals surface area contributed by atoms with Gasteiger partial charge in [0.25, 0.3) is 5.09 Å². The van der Waals surface area contributed by atoms with Gasteiger partial charge in [0.15, 0.2) is 0 Å². The minimum atomic E-state index is -3.21. The first-order valence-electron chi connectivity index (χ1n) is 8.26. The molecule has 0 N–H and O–H groups in total. The van der Waals surface area contributed by atoms with E-state index in [0.29, 0.717) is 21.2 Å². The topological polar surface area (TPSA) is 69.4 Å². The monoisotopic (exact) mass is 401 g/mol. The summed E-state index contributed by atoms with van der Waals surface area (Å²) in [6, 6.07) is 24.6. The number of benzene rings is 3. The summed E-state index contributed by atoms with van der Waals surface area (Å²) in [7, 11) is -3.21. The molecule has 3 rings (SSSR count). The van der Waals surface area contributed by atoms with Crippen LogP contribution in [-0.2, 0) is 9.40 Å². The third-order valence-electron chi connectivity index (χ3n) is 4.23. The maximum Gasteiger partial charge on any atom is 0.295 e. The lowest BCUT2D eigenvalue weighted by molar-refractivity contribution is -0.769. The first kappa shape index (κ1) is 19.2. The van der Waals surface area contributed by atoms with Gasteiger partial charge >= 0.3 is 0 Å². The molecule has 0 radical (unpaired) electrons. The maximum absolute atomic E-state index is 14.1. The molecular weight excluding hydrogens is 385 g/mol. The number of halogens is 1. The zero-order valence-electron chi connectivity index (χ0n) is 14.3. The van der Waals surface area contributed by atoms with Crippen LogP contribution in [0, 0.1) is 10.1 Å².